The lowest BCUT2D eigenvalue weighted by Crippen LogP contribution is -2.74. The van der Waals surface area contributed by atoms with Crippen LogP contribution in [0.15, 0.2) is 55.1 Å². The molecule has 41 heavy (non-hydrogen) atoms. The van der Waals surface area contributed by atoms with Gasteiger partial charge >= 0.3 is 6.36 Å². The number of hydrogen-bond acceptors (Lipinski definition) is 6. The van der Waals surface area contributed by atoms with Gasteiger partial charge in [0.2, 0.25) is 5.91 Å². The van der Waals surface area contributed by atoms with E-state index in [1.165, 1.54) is 37.5 Å². The first-order valence-corrected chi connectivity index (χ1v) is 13.7. The molecule has 1 saturated carbocycles. The van der Waals surface area contributed by atoms with Crippen LogP contribution in [0.3, 0.4) is 0 Å². The van der Waals surface area contributed by atoms with E-state index < -0.39 is 17.4 Å². The molecule has 2 bridgehead atoms. The molecule has 1 unspecified atom stereocenters. The highest BCUT2D eigenvalue weighted by Gasteiger charge is 2.66. The number of nitrogens with zero attached hydrogens (tertiary/aromatic N) is 2. The van der Waals surface area contributed by atoms with Crippen molar-refractivity contribution in [3.05, 3.63) is 71.8 Å². The highest BCUT2D eigenvalue weighted by atomic mass is 19.4. The lowest BCUT2D eigenvalue weighted by atomic mass is 9.48. The molecule has 1 saturated heterocycles. The van der Waals surface area contributed by atoms with Gasteiger partial charge in [-0.25, -0.2) is 0 Å². The number of rotatable bonds is 7. The van der Waals surface area contributed by atoms with E-state index in [1.807, 2.05) is 12.1 Å². The maximum atomic E-state index is 13.3. The van der Waals surface area contributed by atoms with Crippen molar-refractivity contribution >= 4 is 12.0 Å². The first-order chi connectivity index (χ1) is 19.4. The summed E-state index contributed by atoms with van der Waals surface area (Å²) in [5, 5.41) is 23.2. The summed E-state index contributed by atoms with van der Waals surface area (Å²) >= 11 is 0. The average Bonchev–Trinajstić information content (AvgIpc) is 2.92. The maximum Gasteiger partial charge on any atom is 0.573 e. The zero-order valence-corrected chi connectivity index (χ0v) is 23.2. The molecule has 1 heterocycles. The van der Waals surface area contributed by atoms with Crippen molar-refractivity contribution in [2.24, 2.45) is 0 Å². The third-order valence-corrected chi connectivity index (χ3v) is 9.18. The topological polar surface area (TPSA) is 82.5 Å². The maximum absolute atomic E-state index is 13.3. The van der Waals surface area contributed by atoms with Crippen molar-refractivity contribution in [1.82, 2.24) is 9.80 Å². The van der Waals surface area contributed by atoms with Gasteiger partial charge in [0.15, 0.2) is 11.5 Å². The van der Waals surface area contributed by atoms with Crippen LogP contribution < -0.4 is 9.47 Å². The van der Waals surface area contributed by atoms with E-state index in [0.717, 1.165) is 17.7 Å². The summed E-state index contributed by atoms with van der Waals surface area (Å²) in [6.07, 6.45) is 2.54. The van der Waals surface area contributed by atoms with Gasteiger partial charge in [-0.3, -0.25) is 9.69 Å². The molecule has 0 radical (unpaired) electrons. The van der Waals surface area contributed by atoms with Gasteiger partial charge < -0.3 is 24.6 Å². The Morgan fingerprint density at radius 2 is 2.05 bits per heavy atom. The molecule has 2 fully saturated rings. The Bertz CT molecular complexity index is 1360. The number of likely N-dealkylation sites (tertiary alicyclic amines) is 1. The number of fused-ring (bicyclic) bond motifs is 1. The molecule has 220 valence electrons. The van der Waals surface area contributed by atoms with E-state index in [-0.39, 0.29) is 29.5 Å². The van der Waals surface area contributed by atoms with Gasteiger partial charge in [0.25, 0.3) is 0 Å². The smallest absolute Gasteiger partial charge is 0.504 e. The zero-order chi connectivity index (χ0) is 29.6. The van der Waals surface area contributed by atoms with Crippen LogP contribution in [0.2, 0.25) is 0 Å². The van der Waals surface area contributed by atoms with Gasteiger partial charge in [-0.2, -0.15) is 0 Å². The van der Waals surface area contributed by atoms with Crippen LogP contribution in [0.25, 0.3) is 6.08 Å². The average molecular weight is 573 g/mol. The van der Waals surface area contributed by atoms with Gasteiger partial charge in [-0.05, 0) is 74.1 Å². The molecule has 0 spiro atoms. The van der Waals surface area contributed by atoms with E-state index >= 15 is 0 Å². The van der Waals surface area contributed by atoms with Crippen molar-refractivity contribution in [2.45, 2.75) is 61.6 Å². The number of hydrogen-bond donors (Lipinski definition) is 2. The Morgan fingerprint density at radius 1 is 1.27 bits per heavy atom. The second kappa shape index (κ2) is 10.7. The number of methoxy groups -OCH3 is 1. The summed E-state index contributed by atoms with van der Waals surface area (Å²) in [7, 11) is 3.22. The Kier molecular flexibility index (Phi) is 7.59. The van der Waals surface area contributed by atoms with Gasteiger partial charge in [0.05, 0.1) is 12.7 Å². The molecule has 2 aromatic rings. The molecule has 1 amide bonds. The Labute approximate surface area is 237 Å². The molecule has 0 aromatic heterocycles. The minimum absolute atomic E-state index is 0.0150. The number of aromatic hydroxyl groups is 1. The molecule has 2 aliphatic carbocycles. The lowest BCUT2D eigenvalue weighted by molar-refractivity contribution is -0.274. The highest BCUT2D eigenvalue weighted by molar-refractivity contribution is 5.92. The van der Waals surface area contributed by atoms with Crippen molar-refractivity contribution < 1.29 is 37.7 Å². The van der Waals surface area contributed by atoms with Crippen LogP contribution in [0.4, 0.5) is 13.2 Å². The number of aliphatic hydroxyl groups is 1. The number of piperidine rings is 1. The first-order valence-electron chi connectivity index (χ1n) is 13.7. The van der Waals surface area contributed by atoms with E-state index in [9.17, 15) is 28.2 Å². The number of carbonyl (C=O) groups is 1. The molecule has 1 aliphatic heterocycles. The highest BCUT2D eigenvalue weighted by Crippen LogP contribution is 2.61. The fraction of sp³-hybridized carbons (Fsp3) is 0.452. The van der Waals surface area contributed by atoms with E-state index in [2.05, 4.69) is 16.2 Å². The second-order valence-corrected chi connectivity index (χ2v) is 11.2. The Hall–Kier alpha value is -3.50. The van der Waals surface area contributed by atoms with Crippen molar-refractivity contribution in [3.8, 4) is 17.2 Å². The minimum atomic E-state index is -4.81. The van der Waals surface area contributed by atoms with Gasteiger partial charge in [0.1, 0.15) is 5.75 Å². The molecule has 5 rings (SSSR count). The van der Waals surface area contributed by atoms with E-state index in [1.54, 1.807) is 24.1 Å². The molecule has 7 nitrogen and oxygen atoms in total. The number of phenolic OH excluding ortho intramolecular Hbond substituents is 1. The molecule has 2 N–H and O–H groups in total. The summed E-state index contributed by atoms with van der Waals surface area (Å²) in [4.78, 5) is 17.2. The number of ether oxygens (including phenoxy) is 2. The minimum Gasteiger partial charge on any atom is -0.504 e. The standard InChI is InChI=1S/C31H35F3N2O5/c1-4-15-36-16-14-29-19-22(35(2)26(38)11-8-20-6-5-7-23(17-20)41-31(32,33)34)12-13-30(29,39)25(36)18-21-9-10-24(37)28(40-3)27(21)29/h4-11,17,22,25,37,39H,1,12-16,18-19H2,2-3H3/b11-8+/t22?,25-,29-,30-/m1/s1. The largest absolute Gasteiger partial charge is 0.573 e. The van der Waals surface area contributed by atoms with Crippen molar-refractivity contribution in [3.63, 3.8) is 0 Å². The first kappa shape index (κ1) is 29.0. The van der Waals surface area contributed by atoms with Gasteiger partial charge in [-0.1, -0.05) is 24.3 Å². The quantitative estimate of drug-likeness (QED) is 0.366. The van der Waals surface area contributed by atoms with Crippen LogP contribution >= 0.6 is 0 Å². The fourth-order valence-electron chi connectivity index (χ4n) is 7.36. The molecule has 2 aromatic carbocycles. The molecule has 10 heteroatoms. The second-order valence-electron chi connectivity index (χ2n) is 11.2. The Balaban J connectivity index is 1.44. The van der Waals surface area contributed by atoms with Crippen LogP contribution in [0.1, 0.15) is 42.4 Å². The monoisotopic (exact) mass is 572 g/mol. The van der Waals surface area contributed by atoms with E-state index in [4.69, 9.17) is 4.74 Å². The molecule has 3 aliphatic rings. The molecular formula is C31H35F3N2O5. The Morgan fingerprint density at radius 3 is 2.76 bits per heavy atom. The summed E-state index contributed by atoms with van der Waals surface area (Å²) in [6.45, 7) is 5.27. The summed E-state index contributed by atoms with van der Waals surface area (Å²) in [5.74, 6) is -0.289. The molecular weight excluding hydrogens is 537 g/mol. The number of alkyl halides is 3. The summed E-state index contributed by atoms with van der Waals surface area (Å²) < 4.78 is 47.5. The van der Waals surface area contributed by atoms with Crippen LogP contribution in [-0.4, -0.2) is 77.2 Å². The number of phenols is 1. The predicted octanol–water partition coefficient (Wildman–Crippen LogP) is 4.81. The van der Waals surface area contributed by atoms with Crippen molar-refractivity contribution in [2.75, 3.05) is 27.2 Å². The van der Waals surface area contributed by atoms with Crippen molar-refractivity contribution in [1.29, 1.82) is 0 Å². The van der Waals surface area contributed by atoms with Crippen LogP contribution in [0.5, 0.6) is 17.2 Å². The summed E-state index contributed by atoms with van der Waals surface area (Å²) in [6, 6.07) is 8.57. The number of likely N-dealkylation sites (N-methyl/N-ethyl adjacent to an activating group) is 1. The number of halogens is 3. The normalized spacial score (nSPS) is 27.6. The van der Waals surface area contributed by atoms with Crippen LogP contribution in [-0.2, 0) is 16.6 Å². The number of carbonyl (C=O) groups excluding carboxylic acids is 1. The van der Waals surface area contributed by atoms with Crippen LogP contribution in [0, 0.1) is 0 Å². The van der Waals surface area contributed by atoms with Gasteiger partial charge in [-0.15, -0.1) is 19.8 Å². The predicted molar refractivity (Wildman–Crippen MR) is 148 cm³/mol. The lowest BCUT2D eigenvalue weighted by Gasteiger charge is -2.65. The number of benzene rings is 2. The van der Waals surface area contributed by atoms with E-state index in [0.29, 0.717) is 50.0 Å². The SMILES string of the molecule is C=CCN1CC[C@]23CC(N(C)C(=O)/C=C/c4cccc(OC(F)(F)F)c4)CC[C@@]2(O)[C@H]1Cc1ccc(O)c(OC)c13. The summed E-state index contributed by atoms with van der Waals surface area (Å²) in [5.41, 5.74) is 0.372. The number of amides is 1. The zero-order valence-electron chi connectivity index (χ0n) is 23.2. The fourth-order valence-corrected chi connectivity index (χ4v) is 7.36. The molecule has 4 atom stereocenters. The van der Waals surface area contributed by atoms with Gasteiger partial charge in [0, 0.05) is 42.7 Å². The third-order valence-electron chi connectivity index (χ3n) is 9.18. The third kappa shape index (κ3) is 5.08.